The molecule has 0 fully saturated rings. The number of hydroxylamine groups is 1. The van der Waals surface area contributed by atoms with Gasteiger partial charge in [0.2, 0.25) is 0 Å². The third kappa shape index (κ3) is 8.70. The van der Waals surface area contributed by atoms with E-state index >= 15 is 0 Å². The van der Waals surface area contributed by atoms with E-state index in [0.717, 1.165) is 0 Å². The van der Waals surface area contributed by atoms with E-state index in [2.05, 4.69) is 7.70 Å². The molecule has 0 aliphatic carbocycles. The molecule has 26 heavy (non-hydrogen) atoms. The summed E-state index contributed by atoms with van der Waals surface area (Å²) in [5, 5.41) is 43.4. The Morgan fingerprint density at radius 1 is 1.23 bits per heavy atom. The van der Waals surface area contributed by atoms with E-state index in [1.807, 2.05) is 5.48 Å². The predicted octanol–water partition coefficient (Wildman–Crippen LogP) is -2.53. The Bertz CT molecular complexity index is 584. The molecule has 148 valence electrons. The normalized spacial score (nSPS) is 16.2. The molecular weight excluding hydrogens is 417 g/mol. The molecular formula is C14H22AsNO10. The van der Waals surface area contributed by atoms with Gasteiger partial charge in [0.15, 0.2) is 0 Å². The number of rotatable bonds is 9. The van der Waals surface area contributed by atoms with Gasteiger partial charge in [-0.25, -0.2) is 0 Å². The van der Waals surface area contributed by atoms with E-state index in [9.17, 15) is 13.3 Å². The zero-order valence-corrected chi connectivity index (χ0v) is 15.7. The van der Waals surface area contributed by atoms with Gasteiger partial charge >= 0.3 is 88.7 Å². The maximum absolute atomic E-state index is 11.8. The summed E-state index contributed by atoms with van der Waals surface area (Å²) in [7, 11) is 0. The van der Waals surface area contributed by atoms with Gasteiger partial charge in [0.25, 0.3) is 0 Å². The average molecular weight is 439 g/mol. The largest absolute Gasteiger partial charge is 0.394 e. The van der Waals surface area contributed by atoms with Crippen molar-refractivity contribution in [2.45, 2.75) is 31.7 Å². The summed E-state index contributed by atoms with van der Waals surface area (Å²) >= 11 is -4.55. The van der Waals surface area contributed by atoms with Crippen molar-refractivity contribution < 1.29 is 46.7 Å². The number of hydrogen-bond acceptors (Lipinski definition) is 10. The summed E-state index contributed by atoms with van der Waals surface area (Å²) in [5.41, 5.74) is 1.88. The van der Waals surface area contributed by atoms with Crippen LogP contribution in [-0.4, -0.2) is 77.0 Å². The minimum atomic E-state index is -4.55. The molecule has 1 aromatic rings. The maximum atomic E-state index is 11.8. The van der Waals surface area contributed by atoms with Gasteiger partial charge in [-0.05, 0) is 0 Å². The summed E-state index contributed by atoms with van der Waals surface area (Å²) in [6, 6.07) is 7.87. The van der Waals surface area contributed by atoms with Crippen LogP contribution in [0.4, 0.5) is 0 Å². The van der Waals surface area contributed by atoms with Gasteiger partial charge in [0.05, 0.1) is 12.7 Å². The molecule has 0 saturated carbocycles. The summed E-state index contributed by atoms with van der Waals surface area (Å²) in [4.78, 5) is 20.4. The van der Waals surface area contributed by atoms with Crippen molar-refractivity contribution in [2.75, 3.05) is 6.61 Å². The molecule has 6 N–H and O–H groups in total. The Morgan fingerprint density at radius 3 is 2.23 bits per heavy atom. The summed E-state index contributed by atoms with van der Waals surface area (Å²) < 4.78 is 20.5. The number of carbonyl (C=O) groups is 2. The summed E-state index contributed by atoms with van der Waals surface area (Å²) in [6.45, 7) is 0.541. The monoisotopic (exact) mass is 439 g/mol. The molecule has 0 aliphatic rings. The molecule has 1 aromatic carbocycles. The number of carbonyl (C=O) groups excluding carboxylic acids is 2. The molecule has 4 unspecified atom stereocenters. The van der Waals surface area contributed by atoms with Gasteiger partial charge in [-0.15, -0.1) is 0 Å². The number of nitrogens with one attached hydrogen (secondary N) is 1. The fourth-order valence-electron chi connectivity index (χ4n) is 1.45. The second-order valence-corrected chi connectivity index (χ2v) is 8.77. The van der Waals surface area contributed by atoms with Gasteiger partial charge in [-0.2, -0.15) is 0 Å². The van der Waals surface area contributed by atoms with Crippen LogP contribution < -0.4 is 9.83 Å². The first-order chi connectivity index (χ1) is 12.2. The Labute approximate surface area is 152 Å². The molecule has 0 aliphatic heterocycles. The van der Waals surface area contributed by atoms with E-state index in [0.29, 0.717) is 6.29 Å². The first-order valence-corrected chi connectivity index (χ1v) is 10.5. The average Bonchev–Trinajstić information content (AvgIpc) is 2.66. The Kier molecular flexibility index (Phi) is 12.0. The van der Waals surface area contributed by atoms with Crippen molar-refractivity contribution in [3.05, 3.63) is 30.3 Å². The van der Waals surface area contributed by atoms with Crippen molar-refractivity contribution >= 4 is 30.7 Å². The van der Waals surface area contributed by atoms with Gasteiger partial charge in [-0.1, -0.05) is 0 Å². The second kappa shape index (κ2) is 12.7. The first kappa shape index (κ1) is 24.4. The van der Waals surface area contributed by atoms with Gasteiger partial charge in [0, 0.05) is 6.42 Å². The number of hydrogen-bond donors (Lipinski definition) is 6. The molecule has 0 aromatic heterocycles. The van der Waals surface area contributed by atoms with E-state index in [4.69, 9.17) is 25.7 Å². The topological polar surface area (TPSA) is 183 Å². The molecule has 0 radical (unpaired) electrons. The molecule has 12 heteroatoms. The van der Waals surface area contributed by atoms with Crippen molar-refractivity contribution in [3.8, 4) is 0 Å². The zero-order chi connectivity index (χ0) is 20.2. The molecule has 0 spiro atoms. The minimum absolute atomic E-state index is 0.201. The Hall–Kier alpha value is -1.56. The smallest absolute Gasteiger partial charge is 0.122 e. The van der Waals surface area contributed by atoms with Crippen LogP contribution in [0.15, 0.2) is 30.3 Å². The number of benzene rings is 1. The molecule has 11 nitrogen and oxygen atoms in total. The number of aldehydes is 1. The Balaban J connectivity index is 0.000000508. The van der Waals surface area contributed by atoms with Crippen LogP contribution in [0, 0.1) is 0 Å². The van der Waals surface area contributed by atoms with Crippen LogP contribution in [0.2, 0.25) is 0 Å². The predicted molar refractivity (Wildman–Crippen MR) is 86.9 cm³/mol. The van der Waals surface area contributed by atoms with E-state index in [1.165, 1.54) is 19.1 Å². The Morgan fingerprint density at radius 2 is 1.81 bits per heavy atom. The first-order valence-electron chi connectivity index (χ1n) is 7.24. The summed E-state index contributed by atoms with van der Waals surface area (Å²) in [5.74, 6) is -0.537. The van der Waals surface area contributed by atoms with Crippen LogP contribution >= 0.6 is 0 Å². The van der Waals surface area contributed by atoms with Crippen molar-refractivity contribution in [3.63, 3.8) is 0 Å². The third-order valence-corrected chi connectivity index (χ3v) is 5.90. The standard InChI is InChI=1S/C8H10AsNO5.C6H12O5/c1-7(11)10-14-9(12,15-13)8-5-3-2-4-6-8;7-2-1-4(9)6(11)5(10)3-8/h2-6,13H,1H3,(H,10,11);2,4-6,8-11H,1,3H2. The van der Waals surface area contributed by atoms with Crippen molar-refractivity contribution in [1.29, 1.82) is 0 Å². The molecule has 0 saturated heterocycles. The van der Waals surface area contributed by atoms with Crippen LogP contribution in [-0.2, 0) is 21.0 Å². The maximum Gasteiger partial charge on any atom is 0.122 e. The quantitative estimate of drug-likeness (QED) is 0.104. The van der Waals surface area contributed by atoms with E-state index < -0.39 is 45.0 Å². The molecule has 1 rings (SSSR count). The fraction of sp³-hybridized carbons (Fsp3) is 0.429. The van der Waals surface area contributed by atoms with Crippen LogP contribution in [0.5, 0.6) is 0 Å². The van der Waals surface area contributed by atoms with Crippen LogP contribution in [0.25, 0.3) is 0 Å². The molecule has 0 heterocycles. The third-order valence-electron chi connectivity index (χ3n) is 2.80. The van der Waals surface area contributed by atoms with E-state index in [-0.39, 0.29) is 10.8 Å². The minimum Gasteiger partial charge on any atom is -0.394 e. The van der Waals surface area contributed by atoms with Crippen molar-refractivity contribution in [1.82, 2.24) is 5.48 Å². The molecule has 4 atom stereocenters. The van der Waals surface area contributed by atoms with Crippen LogP contribution in [0.3, 0.4) is 0 Å². The molecule has 1 amide bonds. The summed E-state index contributed by atoms with van der Waals surface area (Å²) in [6.07, 6.45) is -4.00. The van der Waals surface area contributed by atoms with E-state index in [1.54, 1.807) is 18.2 Å². The zero-order valence-electron chi connectivity index (χ0n) is 13.8. The van der Waals surface area contributed by atoms with Crippen LogP contribution in [0.1, 0.15) is 13.3 Å². The van der Waals surface area contributed by atoms with Crippen molar-refractivity contribution in [2.24, 2.45) is 0 Å². The van der Waals surface area contributed by atoms with Gasteiger partial charge < -0.3 is 25.2 Å². The van der Waals surface area contributed by atoms with Gasteiger partial charge in [0.1, 0.15) is 18.5 Å². The molecule has 0 bridgehead atoms. The van der Waals surface area contributed by atoms with Gasteiger partial charge in [-0.3, -0.25) is 0 Å². The number of aliphatic hydroxyl groups is 4. The number of amides is 1. The number of aliphatic hydroxyl groups excluding tert-OH is 4. The fourth-order valence-corrected chi connectivity index (χ4v) is 3.59. The second-order valence-electron chi connectivity index (χ2n) is 4.87. The SMILES string of the molecule is CC(=O)NO[As](=O)(OO)c1ccccc1.O=CCC(O)C(O)C(O)CO.